The molecule has 1 aromatic carbocycles. The lowest BCUT2D eigenvalue weighted by Gasteiger charge is -2.13. The standard InChI is InChI=1S/C13H19NO3/c1-4-17-12-6-5-10(7-9(12)2)11(14)8-13(15)16-3/h5-7,11H,4,8,14H2,1-3H3. The van der Waals surface area contributed by atoms with Gasteiger partial charge in [-0.05, 0) is 31.0 Å². The maximum Gasteiger partial charge on any atom is 0.307 e. The van der Waals surface area contributed by atoms with Gasteiger partial charge >= 0.3 is 5.97 Å². The van der Waals surface area contributed by atoms with Gasteiger partial charge in [-0.2, -0.15) is 0 Å². The minimum atomic E-state index is -0.336. The van der Waals surface area contributed by atoms with Crippen LogP contribution in [0.3, 0.4) is 0 Å². The SMILES string of the molecule is CCOc1ccc(C(N)CC(=O)OC)cc1C. The Hall–Kier alpha value is -1.55. The fourth-order valence-corrected chi connectivity index (χ4v) is 1.60. The lowest BCUT2D eigenvalue weighted by Crippen LogP contribution is -2.16. The third-order valence-electron chi connectivity index (χ3n) is 2.54. The van der Waals surface area contributed by atoms with Crippen molar-refractivity contribution >= 4 is 5.97 Å². The number of aryl methyl sites for hydroxylation is 1. The molecule has 0 aliphatic heterocycles. The second kappa shape index (κ2) is 6.25. The van der Waals surface area contributed by atoms with Gasteiger partial charge in [-0.1, -0.05) is 12.1 Å². The Kier molecular flexibility index (Phi) is 4.97. The summed E-state index contributed by atoms with van der Waals surface area (Å²) in [6.45, 7) is 4.53. The lowest BCUT2D eigenvalue weighted by molar-refractivity contribution is -0.141. The monoisotopic (exact) mass is 237 g/mol. The summed E-state index contributed by atoms with van der Waals surface area (Å²) < 4.78 is 10.0. The molecule has 17 heavy (non-hydrogen) atoms. The third kappa shape index (κ3) is 3.75. The fourth-order valence-electron chi connectivity index (χ4n) is 1.60. The first-order valence-electron chi connectivity index (χ1n) is 5.64. The van der Waals surface area contributed by atoms with Gasteiger partial charge in [0, 0.05) is 6.04 Å². The van der Waals surface area contributed by atoms with Gasteiger partial charge in [0.25, 0.3) is 0 Å². The van der Waals surface area contributed by atoms with E-state index in [4.69, 9.17) is 10.5 Å². The Morgan fingerprint density at radius 1 is 1.47 bits per heavy atom. The summed E-state index contributed by atoms with van der Waals surface area (Å²) >= 11 is 0. The van der Waals surface area contributed by atoms with Crippen LogP contribution < -0.4 is 10.5 Å². The van der Waals surface area contributed by atoms with Crippen LogP contribution in [0.1, 0.15) is 30.5 Å². The zero-order valence-electron chi connectivity index (χ0n) is 10.5. The van der Waals surface area contributed by atoms with Crippen LogP contribution in [0.5, 0.6) is 5.75 Å². The number of nitrogens with two attached hydrogens (primary N) is 1. The normalized spacial score (nSPS) is 12.0. The number of hydrogen-bond donors (Lipinski definition) is 1. The summed E-state index contributed by atoms with van der Waals surface area (Å²) in [5.41, 5.74) is 7.85. The van der Waals surface area contributed by atoms with Crippen LogP contribution in [0.25, 0.3) is 0 Å². The quantitative estimate of drug-likeness (QED) is 0.795. The maximum atomic E-state index is 11.1. The molecule has 0 radical (unpaired) electrons. The lowest BCUT2D eigenvalue weighted by atomic mass is 10.0. The van der Waals surface area contributed by atoms with Crippen LogP contribution in [0.2, 0.25) is 0 Å². The first-order chi connectivity index (χ1) is 8.08. The van der Waals surface area contributed by atoms with Crippen molar-refractivity contribution in [2.45, 2.75) is 26.3 Å². The molecular weight excluding hydrogens is 218 g/mol. The number of carbonyl (C=O) groups excluding carboxylic acids is 1. The molecule has 0 saturated carbocycles. The molecular formula is C13H19NO3. The average Bonchev–Trinajstić information content (AvgIpc) is 2.31. The average molecular weight is 237 g/mol. The Morgan fingerprint density at radius 3 is 2.71 bits per heavy atom. The molecule has 0 spiro atoms. The predicted molar refractivity (Wildman–Crippen MR) is 65.9 cm³/mol. The third-order valence-corrected chi connectivity index (χ3v) is 2.54. The van der Waals surface area contributed by atoms with Crippen molar-refractivity contribution in [3.63, 3.8) is 0 Å². The van der Waals surface area contributed by atoms with Gasteiger partial charge in [0.2, 0.25) is 0 Å². The molecule has 0 bridgehead atoms. The predicted octanol–water partition coefficient (Wildman–Crippen LogP) is 1.96. The molecule has 0 fully saturated rings. The van der Waals surface area contributed by atoms with Gasteiger partial charge in [0.05, 0.1) is 20.1 Å². The summed E-state index contributed by atoms with van der Waals surface area (Å²) in [6.07, 6.45) is 0.184. The fraction of sp³-hybridized carbons (Fsp3) is 0.462. The molecule has 2 N–H and O–H groups in total. The second-order valence-corrected chi connectivity index (χ2v) is 3.84. The first-order valence-corrected chi connectivity index (χ1v) is 5.64. The minimum Gasteiger partial charge on any atom is -0.494 e. The van der Waals surface area contributed by atoms with E-state index in [1.54, 1.807) is 0 Å². The zero-order chi connectivity index (χ0) is 12.8. The summed E-state index contributed by atoms with van der Waals surface area (Å²) in [5, 5.41) is 0. The smallest absolute Gasteiger partial charge is 0.307 e. The van der Waals surface area contributed by atoms with E-state index in [0.29, 0.717) is 6.61 Å². The van der Waals surface area contributed by atoms with Crippen LogP contribution in [0.15, 0.2) is 18.2 Å². The van der Waals surface area contributed by atoms with Gasteiger partial charge in [0.1, 0.15) is 5.75 Å². The van der Waals surface area contributed by atoms with Crippen molar-refractivity contribution in [2.24, 2.45) is 5.73 Å². The molecule has 0 amide bonds. The molecule has 0 heterocycles. The number of esters is 1. The summed E-state index contributed by atoms with van der Waals surface area (Å²) in [6, 6.07) is 5.37. The first kappa shape index (κ1) is 13.5. The van der Waals surface area contributed by atoms with Gasteiger partial charge in [-0.3, -0.25) is 4.79 Å². The molecule has 0 aliphatic rings. The van der Waals surface area contributed by atoms with Crippen LogP contribution in [-0.4, -0.2) is 19.7 Å². The number of methoxy groups -OCH3 is 1. The van der Waals surface area contributed by atoms with E-state index in [2.05, 4.69) is 4.74 Å². The summed E-state index contributed by atoms with van der Waals surface area (Å²) in [7, 11) is 1.36. The van der Waals surface area contributed by atoms with Crippen molar-refractivity contribution < 1.29 is 14.3 Å². The second-order valence-electron chi connectivity index (χ2n) is 3.84. The Labute approximate surface area is 102 Å². The Balaban J connectivity index is 2.78. The van der Waals surface area contributed by atoms with E-state index >= 15 is 0 Å². The molecule has 4 heteroatoms. The minimum absolute atomic E-state index is 0.184. The highest BCUT2D eigenvalue weighted by Gasteiger charge is 2.13. The molecule has 0 saturated heterocycles. The molecule has 0 aliphatic carbocycles. The van der Waals surface area contributed by atoms with Gasteiger partial charge in [0.15, 0.2) is 0 Å². The molecule has 1 aromatic rings. The number of hydrogen-bond acceptors (Lipinski definition) is 4. The van der Waals surface area contributed by atoms with Crippen molar-refractivity contribution in [1.29, 1.82) is 0 Å². The van der Waals surface area contributed by atoms with Crippen molar-refractivity contribution in [3.8, 4) is 5.75 Å². The molecule has 1 rings (SSSR count). The van der Waals surface area contributed by atoms with E-state index in [0.717, 1.165) is 16.9 Å². The van der Waals surface area contributed by atoms with E-state index in [1.165, 1.54) is 7.11 Å². The van der Waals surface area contributed by atoms with E-state index in [9.17, 15) is 4.79 Å². The molecule has 0 aromatic heterocycles. The number of carbonyl (C=O) groups is 1. The summed E-state index contributed by atoms with van der Waals surface area (Å²) in [4.78, 5) is 11.1. The van der Waals surface area contributed by atoms with Gasteiger partial charge < -0.3 is 15.2 Å². The van der Waals surface area contributed by atoms with Crippen LogP contribution >= 0.6 is 0 Å². The van der Waals surface area contributed by atoms with Crippen molar-refractivity contribution in [3.05, 3.63) is 29.3 Å². The number of benzene rings is 1. The van der Waals surface area contributed by atoms with Crippen LogP contribution in [0.4, 0.5) is 0 Å². The Bertz CT molecular complexity index is 390. The van der Waals surface area contributed by atoms with E-state index in [-0.39, 0.29) is 18.4 Å². The topological polar surface area (TPSA) is 61.5 Å². The van der Waals surface area contributed by atoms with Crippen molar-refractivity contribution in [2.75, 3.05) is 13.7 Å². The molecule has 1 unspecified atom stereocenters. The number of ether oxygens (including phenoxy) is 2. The highest BCUT2D eigenvalue weighted by molar-refractivity contribution is 5.70. The summed E-state index contributed by atoms with van der Waals surface area (Å²) in [5.74, 6) is 0.547. The van der Waals surface area contributed by atoms with E-state index < -0.39 is 0 Å². The van der Waals surface area contributed by atoms with Crippen LogP contribution in [0, 0.1) is 6.92 Å². The maximum absolute atomic E-state index is 11.1. The highest BCUT2D eigenvalue weighted by Crippen LogP contribution is 2.23. The number of rotatable bonds is 5. The Morgan fingerprint density at radius 2 is 2.18 bits per heavy atom. The van der Waals surface area contributed by atoms with Crippen LogP contribution in [-0.2, 0) is 9.53 Å². The van der Waals surface area contributed by atoms with Crippen molar-refractivity contribution in [1.82, 2.24) is 0 Å². The van der Waals surface area contributed by atoms with E-state index in [1.807, 2.05) is 32.0 Å². The molecule has 1 atom stereocenters. The van der Waals surface area contributed by atoms with Gasteiger partial charge in [-0.15, -0.1) is 0 Å². The molecule has 94 valence electrons. The van der Waals surface area contributed by atoms with Gasteiger partial charge in [-0.25, -0.2) is 0 Å². The highest BCUT2D eigenvalue weighted by atomic mass is 16.5. The molecule has 4 nitrogen and oxygen atoms in total. The largest absolute Gasteiger partial charge is 0.494 e. The zero-order valence-corrected chi connectivity index (χ0v) is 10.5.